The number of amides is 1. The van der Waals surface area contributed by atoms with Gasteiger partial charge in [-0.2, -0.15) is 0 Å². The number of benzene rings is 1. The Kier molecular flexibility index (Phi) is 4.53. The molecule has 0 saturated carbocycles. The van der Waals surface area contributed by atoms with Gasteiger partial charge in [0.15, 0.2) is 5.78 Å². The van der Waals surface area contributed by atoms with Gasteiger partial charge >= 0.3 is 0 Å². The molecule has 1 aromatic carbocycles. The van der Waals surface area contributed by atoms with Gasteiger partial charge in [-0.15, -0.1) is 11.3 Å². The summed E-state index contributed by atoms with van der Waals surface area (Å²) in [5.74, 6) is -0.0605. The van der Waals surface area contributed by atoms with Gasteiger partial charge in [-0.05, 0) is 42.1 Å². The minimum atomic E-state index is -0.205. The van der Waals surface area contributed by atoms with Gasteiger partial charge in [-0.25, -0.2) is 0 Å². The summed E-state index contributed by atoms with van der Waals surface area (Å²) in [6.45, 7) is 1.80. The van der Waals surface area contributed by atoms with Crippen molar-refractivity contribution >= 4 is 28.7 Å². The number of anilines is 1. The van der Waals surface area contributed by atoms with Crippen LogP contribution in [0.5, 0.6) is 5.75 Å². The molecule has 4 nitrogen and oxygen atoms in total. The van der Waals surface area contributed by atoms with Crippen molar-refractivity contribution in [3.8, 4) is 5.75 Å². The highest BCUT2D eigenvalue weighted by Crippen LogP contribution is 2.20. The summed E-state index contributed by atoms with van der Waals surface area (Å²) in [7, 11) is 0. The second kappa shape index (κ2) is 6.34. The molecule has 2 aromatic rings. The highest BCUT2D eigenvalue weighted by Gasteiger charge is 2.11. The first-order valence-corrected chi connectivity index (χ1v) is 7.10. The Labute approximate surface area is 121 Å². The molecule has 1 aromatic heterocycles. The minimum Gasteiger partial charge on any atom is -0.508 e. The van der Waals surface area contributed by atoms with Crippen LogP contribution in [0.15, 0.2) is 35.7 Å². The predicted molar refractivity (Wildman–Crippen MR) is 79.4 cm³/mol. The number of aromatic hydroxyl groups is 1. The zero-order chi connectivity index (χ0) is 14.5. The number of rotatable bonds is 5. The van der Waals surface area contributed by atoms with Crippen LogP contribution in [0.4, 0.5) is 5.69 Å². The number of carbonyl (C=O) groups is 2. The molecule has 1 amide bonds. The first-order chi connectivity index (χ1) is 9.56. The quantitative estimate of drug-likeness (QED) is 0.655. The van der Waals surface area contributed by atoms with Gasteiger partial charge < -0.3 is 10.4 Å². The lowest BCUT2D eigenvalue weighted by Gasteiger charge is -2.08. The number of Topliss-reactive ketones (excluding diaryl/α,β-unsaturated/α-hetero) is 1. The Morgan fingerprint density at radius 3 is 2.70 bits per heavy atom. The summed E-state index contributed by atoms with van der Waals surface area (Å²) in [5.41, 5.74) is 1.43. The Balaban J connectivity index is 1.88. The maximum absolute atomic E-state index is 11.8. The average Bonchev–Trinajstić information content (AvgIpc) is 2.93. The normalized spacial score (nSPS) is 10.2. The summed E-state index contributed by atoms with van der Waals surface area (Å²) in [6.07, 6.45) is 0.348. The summed E-state index contributed by atoms with van der Waals surface area (Å²) in [4.78, 5) is 24.3. The number of phenols is 1. The standard InChI is InChI=1S/C15H15NO3S/c1-10-9-11(17)4-5-12(10)16-15(19)7-6-13(18)14-3-2-8-20-14/h2-5,8-9,17H,6-7H2,1H3,(H,16,19). The molecule has 0 aliphatic heterocycles. The Morgan fingerprint density at radius 1 is 1.25 bits per heavy atom. The van der Waals surface area contributed by atoms with E-state index in [0.717, 1.165) is 5.56 Å². The lowest BCUT2D eigenvalue weighted by Crippen LogP contribution is -2.13. The van der Waals surface area contributed by atoms with E-state index >= 15 is 0 Å². The molecule has 0 radical (unpaired) electrons. The van der Waals surface area contributed by atoms with Gasteiger partial charge in [0.25, 0.3) is 0 Å². The first kappa shape index (κ1) is 14.3. The summed E-state index contributed by atoms with van der Waals surface area (Å²) < 4.78 is 0. The molecule has 0 saturated heterocycles. The molecular formula is C15H15NO3S. The van der Waals surface area contributed by atoms with E-state index < -0.39 is 0 Å². The van der Waals surface area contributed by atoms with Crippen molar-refractivity contribution < 1.29 is 14.7 Å². The third-order valence-corrected chi connectivity index (χ3v) is 3.77. The summed E-state index contributed by atoms with van der Waals surface area (Å²) >= 11 is 1.38. The van der Waals surface area contributed by atoms with E-state index in [1.54, 1.807) is 25.1 Å². The molecule has 20 heavy (non-hydrogen) atoms. The largest absolute Gasteiger partial charge is 0.508 e. The van der Waals surface area contributed by atoms with Gasteiger partial charge in [0, 0.05) is 18.5 Å². The molecule has 2 rings (SSSR count). The van der Waals surface area contributed by atoms with E-state index in [-0.39, 0.29) is 30.3 Å². The Bertz CT molecular complexity index is 620. The Hall–Kier alpha value is -2.14. The fourth-order valence-electron chi connectivity index (χ4n) is 1.79. The van der Waals surface area contributed by atoms with Crippen LogP contribution in [-0.4, -0.2) is 16.8 Å². The minimum absolute atomic E-state index is 0.0161. The van der Waals surface area contributed by atoms with Crippen molar-refractivity contribution in [2.45, 2.75) is 19.8 Å². The van der Waals surface area contributed by atoms with Crippen molar-refractivity contribution in [2.75, 3.05) is 5.32 Å². The smallest absolute Gasteiger partial charge is 0.224 e. The molecule has 2 N–H and O–H groups in total. The molecule has 0 aliphatic carbocycles. The molecule has 0 aliphatic rings. The van der Waals surface area contributed by atoms with Crippen molar-refractivity contribution in [3.05, 3.63) is 46.2 Å². The van der Waals surface area contributed by atoms with Crippen LogP contribution >= 0.6 is 11.3 Å². The molecular weight excluding hydrogens is 274 g/mol. The topological polar surface area (TPSA) is 66.4 Å². The first-order valence-electron chi connectivity index (χ1n) is 6.22. The fourth-order valence-corrected chi connectivity index (χ4v) is 2.48. The third kappa shape index (κ3) is 3.68. The number of hydrogen-bond acceptors (Lipinski definition) is 4. The molecule has 104 valence electrons. The molecule has 0 unspecified atom stereocenters. The van der Waals surface area contributed by atoms with Crippen molar-refractivity contribution in [3.63, 3.8) is 0 Å². The van der Waals surface area contributed by atoms with Gasteiger partial charge in [0.05, 0.1) is 4.88 Å². The van der Waals surface area contributed by atoms with E-state index in [4.69, 9.17) is 0 Å². The van der Waals surface area contributed by atoms with Gasteiger partial charge in [-0.3, -0.25) is 9.59 Å². The molecule has 0 spiro atoms. The molecule has 0 bridgehead atoms. The number of phenolic OH excluding ortho intramolecular Hbond substituents is 1. The number of nitrogens with one attached hydrogen (secondary N) is 1. The van der Waals surface area contributed by atoms with Crippen LogP contribution in [-0.2, 0) is 4.79 Å². The molecule has 0 fully saturated rings. The molecule has 1 heterocycles. The highest BCUT2D eigenvalue weighted by atomic mass is 32.1. The average molecular weight is 289 g/mol. The lowest BCUT2D eigenvalue weighted by molar-refractivity contribution is -0.116. The van der Waals surface area contributed by atoms with Crippen LogP contribution in [0.2, 0.25) is 0 Å². The number of hydrogen-bond donors (Lipinski definition) is 2. The van der Waals surface area contributed by atoms with E-state index in [1.165, 1.54) is 17.4 Å². The van der Waals surface area contributed by atoms with E-state index in [9.17, 15) is 14.7 Å². The highest BCUT2D eigenvalue weighted by molar-refractivity contribution is 7.12. The van der Waals surface area contributed by atoms with Gasteiger partial charge in [-0.1, -0.05) is 6.07 Å². The molecule has 5 heteroatoms. The van der Waals surface area contributed by atoms with E-state index in [2.05, 4.69) is 5.32 Å². The molecule has 0 atom stereocenters. The second-order valence-electron chi connectivity index (χ2n) is 4.45. The number of aryl methyl sites for hydroxylation is 1. The number of thiophene rings is 1. The van der Waals surface area contributed by atoms with Crippen molar-refractivity contribution in [2.24, 2.45) is 0 Å². The second-order valence-corrected chi connectivity index (χ2v) is 5.40. The zero-order valence-electron chi connectivity index (χ0n) is 11.1. The zero-order valence-corrected chi connectivity index (χ0v) is 11.9. The maximum Gasteiger partial charge on any atom is 0.224 e. The van der Waals surface area contributed by atoms with E-state index in [0.29, 0.717) is 10.6 Å². The third-order valence-electron chi connectivity index (χ3n) is 2.86. The SMILES string of the molecule is Cc1cc(O)ccc1NC(=O)CCC(=O)c1cccs1. The summed E-state index contributed by atoms with van der Waals surface area (Å²) in [5, 5.41) is 13.9. The predicted octanol–water partition coefficient (Wildman–Crippen LogP) is 3.36. The number of carbonyl (C=O) groups excluding carboxylic acids is 2. The Morgan fingerprint density at radius 2 is 2.05 bits per heavy atom. The van der Waals surface area contributed by atoms with Crippen LogP contribution in [0.1, 0.15) is 28.1 Å². The van der Waals surface area contributed by atoms with Crippen LogP contribution in [0.25, 0.3) is 0 Å². The van der Waals surface area contributed by atoms with Gasteiger partial charge in [0.1, 0.15) is 5.75 Å². The monoisotopic (exact) mass is 289 g/mol. The fraction of sp³-hybridized carbons (Fsp3) is 0.200. The van der Waals surface area contributed by atoms with Crippen LogP contribution in [0.3, 0.4) is 0 Å². The van der Waals surface area contributed by atoms with Crippen molar-refractivity contribution in [1.29, 1.82) is 0 Å². The lowest BCUT2D eigenvalue weighted by atomic mass is 10.1. The van der Waals surface area contributed by atoms with Crippen LogP contribution < -0.4 is 5.32 Å². The summed E-state index contributed by atoms with van der Waals surface area (Å²) in [6, 6.07) is 8.31. The maximum atomic E-state index is 11.8. The van der Waals surface area contributed by atoms with E-state index in [1.807, 2.05) is 11.4 Å². The van der Waals surface area contributed by atoms with Crippen molar-refractivity contribution in [1.82, 2.24) is 0 Å². The van der Waals surface area contributed by atoms with Crippen LogP contribution in [0, 0.1) is 6.92 Å². The van der Waals surface area contributed by atoms with Gasteiger partial charge in [0.2, 0.25) is 5.91 Å². The number of ketones is 1.